The molecule has 1 heterocycles. The molecule has 4 nitrogen and oxygen atoms in total. The molecule has 126 valence electrons. The van der Waals surface area contributed by atoms with E-state index in [0.29, 0.717) is 23.7 Å². The molecular formula is C22H16N2O2. The van der Waals surface area contributed by atoms with E-state index in [1.807, 2.05) is 72.8 Å². The molecule has 4 rings (SSSR count). The van der Waals surface area contributed by atoms with Crippen LogP contribution in [0.15, 0.2) is 79.0 Å². The van der Waals surface area contributed by atoms with E-state index in [2.05, 4.69) is 11.1 Å². The maximum absolute atomic E-state index is 9.14. The number of hydrogen-bond acceptors (Lipinski definition) is 3. The lowest BCUT2D eigenvalue weighted by atomic mass is 10.2. The van der Waals surface area contributed by atoms with Crippen LogP contribution >= 0.6 is 0 Å². The number of ether oxygens (including phenoxy) is 2. The predicted molar refractivity (Wildman–Crippen MR) is 100 cm³/mol. The van der Waals surface area contributed by atoms with Crippen LogP contribution in [0.2, 0.25) is 0 Å². The van der Waals surface area contributed by atoms with Gasteiger partial charge in [0, 0.05) is 17.1 Å². The van der Waals surface area contributed by atoms with E-state index >= 15 is 0 Å². The number of nitriles is 1. The quantitative estimate of drug-likeness (QED) is 0.528. The van der Waals surface area contributed by atoms with Gasteiger partial charge < -0.3 is 14.5 Å². The van der Waals surface area contributed by atoms with Gasteiger partial charge in [0.25, 0.3) is 0 Å². The number of H-pyrrole nitrogens is 1. The lowest BCUT2D eigenvalue weighted by Gasteiger charge is -2.09. The minimum atomic E-state index is 0.530. The van der Waals surface area contributed by atoms with Crippen molar-refractivity contribution in [2.45, 2.75) is 6.61 Å². The van der Waals surface area contributed by atoms with Gasteiger partial charge in [0.1, 0.15) is 29.9 Å². The Morgan fingerprint density at radius 2 is 1.58 bits per heavy atom. The van der Waals surface area contributed by atoms with E-state index in [-0.39, 0.29) is 0 Å². The molecule has 3 aromatic carbocycles. The van der Waals surface area contributed by atoms with E-state index in [0.717, 1.165) is 22.2 Å². The third-order valence-corrected chi connectivity index (χ3v) is 4.08. The number of nitrogens with one attached hydrogen (secondary N) is 1. The Hall–Kier alpha value is -3.71. The Bertz CT molecular complexity index is 1060. The van der Waals surface area contributed by atoms with Gasteiger partial charge in [-0.2, -0.15) is 5.26 Å². The Kier molecular flexibility index (Phi) is 4.28. The molecule has 0 fully saturated rings. The minimum absolute atomic E-state index is 0.530. The number of rotatable bonds is 5. The molecule has 0 aliphatic carbocycles. The van der Waals surface area contributed by atoms with Crippen LogP contribution in [0.5, 0.6) is 17.2 Å². The second-order valence-corrected chi connectivity index (χ2v) is 5.87. The van der Waals surface area contributed by atoms with Crippen molar-refractivity contribution in [3.63, 3.8) is 0 Å². The molecule has 0 amide bonds. The zero-order valence-corrected chi connectivity index (χ0v) is 14.0. The monoisotopic (exact) mass is 340 g/mol. The molecule has 0 unspecified atom stereocenters. The van der Waals surface area contributed by atoms with E-state index in [4.69, 9.17) is 14.7 Å². The molecule has 0 atom stereocenters. The summed E-state index contributed by atoms with van der Waals surface area (Å²) in [7, 11) is 0. The van der Waals surface area contributed by atoms with Crippen molar-refractivity contribution in [2.75, 3.05) is 0 Å². The van der Waals surface area contributed by atoms with Gasteiger partial charge in [-0.1, -0.05) is 30.3 Å². The van der Waals surface area contributed by atoms with Gasteiger partial charge in [-0.05, 0) is 48.0 Å². The van der Waals surface area contributed by atoms with Gasteiger partial charge in [-0.15, -0.1) is 0 Å². The molecular weight excluding hydrogens is 324 g/mol. The molecule has 0 spiro atoms. The summed E-state index contributed by atoms with van der Waals surface area (Å²) in [5.41, 5.74) is 2.65. The fraction of sp³-hybridized carbons (Fsp3) is 0.0455. The molecule has 0 bridgehead atoms. The van der Waals surface area contributed by atoms with Gasteiger partial charge in [-0.25, -0.2) is 0 Å². The smallest absolute Gasteiger partial charge is 0.128 e. The van der Waals surface area contributed by atoms with Crippen LogP contribution in [-0.4, -0.2) is 4.98 Å². The van der Waals surface area contributed by atoms with Crippen LogP contribution in [0, 0.1) is 11.3 Å². The Morgan fingerprint density at radius 1 is 0.846 bits per heavy atom. The van der Waals surface area contributed by atoms with Crippen molar-refractivity contribution < 1.29 is 9.47 Å². The Morgan fingerprint density at radius 3 is 2.35 bits per heavy atom. The summed E-state index contributed by atoms with van der Waals surface area (Å²) in [5, 5.41) is 10.00. The highest BCUT2D eigenvalue weighted by Crippen LogP contribution is 2.28. The first-order chi connectivity index (χ1) is 12.8. The second kappa shape index (κ2) is 7.04. The Balaban J connectivity index is 1.45. The molecule has 4 heteroatoms. The third-order valence-electron chi connectivity index (χ3n) is 4.08. The molecule has 26 heavy (non-hydrogen) atoms. The standard InChI is InChI=1S/C22H16N2O2/c23-13-17-14-24-22-11-10-20(12-21(17)22)26-19-8-6-18(7-9-19)25-15-16-4-2-1-3-5-16/h1-12,14,24H,15H2. The van der Waals surface area contributed by atoms with Gasteiger partial charge in [-0.3, -0.25) is 0 Å². The van der Waals surface area contributed by atoms with Crippen LogP contribution in [0.1, 0.15) is 11.1 Å². The number of aromatic nitrogens is 1. The highest BCUT2D eigenvalue weighted by atomic mass is 16.5. The van der Waals surface area contributed by atoms with Gasteiger partial charge in [0.15, 0.2) is 0 Å². The summed E-state index contributed by atoms with van der Waals surface area (Å²) < 4.78 is 11.7. The lowest BCUT2D eigenvalue weighted by Crippen LogP contribution is -1.94. The molecule has 4 aromatic rings. The summed E-state index contributed by atoms with van der Waals surface area (Å²) in [4.78, 5) is 3.07. The highest BCUT2D eigenvalue weighted by Gasteiger charge is 2.06. The molecule has 1 N–H and O–H groups in total. The first-order valence-corrected chi connectivity index (χ1v) is 8.28. The van der Waals surface area contributed by atoms with Crippen molar-refractivity contribution in [1.29, 1.82) is 5.26 Å². The van der Waals surface area contributed by atoms with Crippen molar-refractivity contribution in [1.82, 2.24) is 4.98 Å². The molecule has 1 aromatic heterocycles. The maximum Gasteiger partial charge on any atom is 0.128 e. The van der Waals surface area contributed by atoms with Crippen LogP contribution in [-0.2, 0) is 6.61 Å². The average molecular weight is 340 g/mol. The number of benzene rings is 3. The minimum Gasteiger partial charge on any atom is -0.489 e. The molecule has 0 aliphatic rings. The molecule has 0 radical (unpaired) electrons. The van der Waals surface area contributed by atoms with Crippen molar-refractivity contribution in [2.24, 2.45) is 0 Å². The van der Waals surface area contributed by atoms with Crippen LogP contribution in [0.25, 0.3) is 10.9 Å². The van der Waals surface area contributed by atoms with Crippen LogP contribution in [0.4, 0.5) is 0 Å². The summed E-state index contributed by atoms with van der Waals surface area (Å²) >= 11 is 0. The summed E-state index contributed by atoms with van der Waals surface area (Å²) in [5.74, 6) is 2.19. The fourth-order valence-electron chi connectivity index (χ4n) is 2.74. The SMILES string of the molecule is N#Cc1c[nH]c2ccc(Oc3ccc(OCc4ccccc4)cc3)cc12. The average Bonchev–Trinajstić information content (AvgIpc) is 3.11. The van der Waals surface area contributed by atoms with Gasteiger partial charge in [0.2, 0.25) is 0 Å². The van der Waals surface area contributed by atoms with E-state index in [1.54, 1.807) is 6.20 Å². The van der Waals surface area contributed by atoms with Crippen LogP contribution < -0.4 is 9.47 Å². The largest absolute Gasteiger partial charge is 0.489 e. The number of aromatic amines is 1. The first-order valence-electron chi connectivity index (χ1n) is 8.28. The highest BCUT2D eigenvalue weighted by molar-refractivity contribution is 5.86. The predicted octanol–water partition coefficient (Wildman–Crippen LogP) is 5.41. The van der Waals surface area contributed by atoms with E-state index in [9.17, 15) is 0 Å². The molecule has 0 aliphatic heterocycles. The van der Waals surface area contributed by atoms with Crippen molar-refractivity contribution in [3.05, 3.63) is 90.1 Å². The fourth-order valence-corrected chi connectivity index (χ4v) is 2.74. The number of fused-ring (bicyclic) bond motifs is 1. The topological polar surface area (TPSA) is 58.0 Å². The first kappa shape index (κ1) is 15.8. The Labute approximate surface area is 151 Å². The van der Waals surface area contributed by atoms with Crippen molar-refractivity contribution in [3.8, 4) is 23.3 Å². The molecule has 0 saturated heterocycles. The molecule has 0 saturated carbocycles. The third kappa shape index (κ3) is 3.38. The lowest BCUT2D eigenvalue weighted by molar-refractivity contribution is 0.306. The van der Waals surface area contributed by atoms with Crippen molar-refractivity contribution >= 4 is 10.9 Å². The summed E-state index contributed by atoms with van der Waals surface area (Å²) in [6, 6.07) is 25.4. The van der Waals surface area contributed by atoms with Crippen LogP contribution in [0.3, 0.4) is 0 Å². The van der Waals surface area contributed by atoms with E-state index in [1.165, 1.54) is 0 Å². The van der Waals surface area contributed by atoms with Gasteiger partial charge in [0.05, 0.1) is 5.56 Å². The van der Waals surface area contributed by atoms with E-state index < -0.39 is 0 Å². The second-order valence-electron chi connectivity index (χ2n) is 5.87. The maximum atomic E-state index is 9.14. The zero-order chi connectivity index (χ0) is 17.8. The number of hydrogen-bond donors (Lipinski definition) is 1. The van der Waals surface area contributed by atoms with Gasteiger partial charge >= 0.3 is 0 Å². The zero-order valence-electron chi connectivity index (χ0n) is 14.0. The number of nitrogens with zero attached hydrogens (tertiary/aromatic N) is 1. The summed E-state index contributed by atoms with van der Waals surface area (Å²) in [6.45, 7) is 0.530. The normalized spacial score (nSPS) is 10.4. The summed E-state index contributed by atoms with van der Waals surface area (Å²) in [6.07, 6.45) is 1.70.